The number of hydrogen-bond donors (Lipinski definition) is 1. The number of carbonyl (C=O) groups is 2. The van der Waals surface area contributed by atoms with E-state index in [0.29, 0.717) is 26.0 Å². The van der Waals surface area contributed by atoms with Crippen molar-refractivity contribution in [3.63, 3.8) is 0 Å². The average Bonchev–Trinajstić information content (AvgIpc) is 2.85. The number of ether oxygens (including phenoxy) is 2. The Bertz CT molecular complexity index is 625. The third-order valence-corrected chi connectivity index (χ3v) is 5.08. The van der Waals surface area contributed by atoms with Crippen molar-refractivity contribution in [2.75, 3.05) is 20.3 Å². The molecule has 2 saturated heterocycles. The van der Waals surface area contributed by atoms with Crippen LogP contribution in [0.25, 0.3) is 0 Å². The van der Waals surface area contributed by atoms with E-state index < -0.39 is 5.54 Å². The van der Waals surface area contributed by atoms with Crippen molar-refractivity contribution in [2.45, 2.75) is 50.7 Å². The lowest BCUT2D eigenvalue weighted by Crippen LogP contribution is -2.45. The van der Waals surface area contributed by atoms with E-state index in [1.807, 2.05) is 24.3 Å². The molecule has 2 unspecified atom stereocenters. The van der Waals surface area contributed by atoms with Crippen molar-refractivity contribution >= 4 is 11.9 Å². The van der Waals surface area contributed by atoms with Crippen molar-refractivity contribution in [1.29, 1.82) is 0 Å². The first-order valence-electron chi connectivity index (χ1n) is 8.90. The topological polar surface area (TPSA) is 67.9 Å². The number of benzene rings is 1. The van der Waals surface area contributed by atoms with Gasteiger partial charge in [-0.1, -0.05) is 12.1 Å². The van der Waals surface area contributed by atoms with Gasteiger partial charge in [-0.05, 0) is 56.7 Å². The van der Waals surface area contributed by atoms with E-state index in [1.54, 1.807) is 14.0 Å². The molecule has 0 aliphatic carbocycles. The lowest BCUT2D eigenvalue weighted by Gasteiger charge is -2.26. The number of imide groups is 1. The second-order valence-electron chi connectivity index (χ2n) is 7.01. The molecule has 0 spiro atoms. The molecule has 6 nitrogen and oxygen atoms in total. The van der Waals surface area contributed by atoms with Crippen LogP contribution in [0.4, 0.5) is 4.79 Å². The normalized spacial score (nSPS) is 26.6. The summed E-state index contributed by atoms with van der Waals surface area (Å²) in [5.41, 5.74) is 0.254. The molecule has 0 radical (unpaired) electrons. The molecule has 2 fully saturated rings. The van der Waals surface area contributed by atoms with Crippen LogP contribution in [0.3, 0.4) is 0 Å². The quantitative estimate of drug-likeness (QED) is 0.804. The molecule has 2 atom stereocenters. The van der Waals surface area contributed by atoms with E-state index in [9.17, 15) is 9.59 Å². The van der Waals surface area contributed by atoms with Gasteiger partial charge in [0.05, 0.1) is 19.8 Å². The van der Waals surface area contributed by atoms with Crippen molar-refractivity contribution in [3.8, 4) is 5.75 Å². The predicted molar refractivity (Wildman–Crippen MR) is 93.6 cm³/mol. The van der Waals surface area contributed by atoms with E-state index in [2.05, 4.69) is 5.32 Å². The van der Waals surface area contributed by atoms with Gasteiger partial charge in [0, 0.05) is 6.61 Å². The first-order valence-corrected chi connectivity index (χ1v) is 8.90. The van der Waals surface area contributed by atoms with Gasteiger partial charge in [-0.2, -0.15) is 0 Å². The zero-order chi connectivity index (χ0) is 17.9. The molecule has 2 aliphatic heterocycles. The number of aryl methyl sites for hydroxylation is 1. The molecular weight excluding hydrogens is 320 g/mol. The standard InChI is InChI=1S/C19H26N2O4/c1-19(11-10-14-6-8-15(24-2)9-7-14)17(22)21(18(23)20-19)13-16-5-3-4-12-25-16/h6-9,16H,3-5,10-13H2,1-2H3,(H,20,23). The maximum Gasteiger partial charge on any atom is 0.325 e. The van der Waals surface area contributed by atoms with E-state index in [0.717, 1.165) is 30.6 Å². The van der Waals surface area contributed by atoms with Gasteiger partial charge in [-0.3, -0.25) is 9.69 Å². The minimum Gasteiger partial charge on any atom is -0.497 e. The van der Waals surface area contributed by atoms with Crippen molar-refractivity contribution < 1.29 is 19.1 Å². The van der Waals surface area contributed by atoms with Gasteiger partial charge in [0.15, 0.2) is 0 Å². The number of nitrogens with zero attached hydrogens (tertiary/aromatic N) is 1. The van der Waals surface area contributed by atoms with Crippen LogP contribution >= 0.6 is 0 Å². The highest BCUT2D eigenvalue weighted by atomic mass is 16.5. The monoisotopic (exact) mass is 346 g/mol. The molecule has 136 valence electrons. The summed E-state index contributed by atoms with van der Waals surface area (Å²) in [5.74, 6) is 0.652. The van der Waals surface area contributed by atoms with Gasteiger partial charge < -0.3 is 14.8 Å². The molecule has 1 aromatic rings. The molecule has 1 aromatic carbocycles. The molecule has 0 aromatic heterocycles. The van der Waals surface area contributed by atoms with E-state index in [1.165, 1.54) is 4.90 Å². The summed E-state index contributed by atoms with van der Waals surface area (Å²) in [7, 11) is 1.63. The Hall–Kier alpha value is -2.08. The van der Waals surface area contributed by atoms with Gasteiger partial charge in [0.1, 0.15) is 11.3 Å². The van der Waals surface area contributed by atoms with Gasteiger partial charge in [-0.15, -0.1) is 0 Å². The predicted octanol–water partition coefficient (Wildman–Crippen LogP) is 2.51. The zero-order valence-corrected chi connectivity index (χ0v) is 14.9. The Balaban J connectivity index is 1.60. The Kier molecular flexibility index (Phi) is 5.27. The summed E-state index contributed by atoms with van der Waals surface area (Å²) >= 11 is 0. The Morgan fingerprint density at radius 3 is 2.68 bits per heavy atom. The number of carbonyl (C=O) groups excluding carboxylic acids is 2. The van der Waals surface area contributed by atoms with Crippen LogP contribution in [0.15, 0.2) is 24.3 Å². The lowest BCUT2D eigenvalue weighted by molar-refractivity contribution is -0.132. The minimum atomic E-state index is -0.855. The molecule has 0 saturated carbocycles. The molecule has 1 N–H and O–H groups in total. The lowest BCUT2D eigenvalue weighted by atomic mass is 9.93. The molecule has 2 heterocycles. The van der Waals surface area contributed by atoms with E-state index in [4.69, 9.17) is 9.47 Å². The summed E-state index contributed by atoms with van der Waals surface area (Å²) in [6.45, 7) is 2.87. The number of hydrogen-bond acceptors (Lipinski definition) is 4. The fraction of sp³-hybridized carbons (Fsp3) is 0.579. The Morgan fingerprint density at radius 1 is 1.28 bits per heavy atom. The smallest absolute Gasteiger partial charge is 0.325 e. The number of urea groups is 1. The summed E-state index contributed by atoms with van der Waals surface area (Å²) in [6.07, 6.45) is 4.28. The summed E-state index contributed by atoms with van der Waals surface area (Å²) in [4.78, 5) is 26.4. The second-order valence-corrected chi connectivity index (χ2v) is 7.01. The summed E-state index contributed by atoms with van der Waals surface area (Å²) in [5, 5.41) is 2.87. The third-order valence-electron chi connectivity index (χ3n) is 5.08. The average molecular weight is 346 g/mol. The summed E-state index contributed by atoms with van der Waals surface area (Å²) < 4.78 is 10.8. The fourth-order valence-electron chi connectivity index (χ4n) is 3.42. The molecule has 0 bridgehead atoms. The van der Waals surface area contributed by atoms with Gasteiger partial charge >= 0.3 is 6.03 Å². The Morgan fingerprint density at radius 2 is 2.04 bits per heavy atom. The van der Waals surface area contributed by atoms with Crippen LogP contribution in [0.1, 0.15) is 38.2 Å². The number of nitrogens with one attached hydrogen (secondary N) is 1. The van der Waals surface area contributed by atoms with Crippen molar-refractivity contribution in [1.82, 2.24) is 10.2 Å². The molecule has 3 amide bonds. The van der Waals surface area contributed by atoms with Gasteiger partial charge in [0.2, 0.25) is 0 Å². The number of amides is 3. The van der Waals surface area contributed by atoms with Gasteiger partial charge in [0.25, 0.3) is 5.91 Å². The van der Waals surface area contributed by atoms with Crippen LogP contribution in [0.2, 0.25) is 0 Å². The zero-order valence-electron chi connectivity index (χ0n) is 14.9. The number of rotatable bonds is 6. The molecule has 25 heavy (non-hydrogen) atoms. The SMILES string of the molecule is COc1ccc(CCC2(C)NC(=O)N(CC3CCCCO3)C2=O)cc1. The third kappa shape index (κ3) is 3.95. The first kappa shape index (κ1) is 17.7. The molecule has 2 aliphatic rings. The highest BCUT2D eigenvalue weighted by Crippen LogP contribution is 2.25. The summed E-state index contributed by atoms with van der Waals surface area (Å²) in [6, 6.07) is 7.46. The minimum absolute atomic E-state index is 0.0348. The van der Waals surface area contributed by atoms with Crippen LogP contribution in [0, 0.1) is 0 Å². The van der Waals surface area contributed by atoms with Gasteiger partial charge in [-0.25, -0.2) is 4.79 Å². The largest absolute Gasteiger partial charge is 0.497 e. The van der Waals surface area contributed by atoms with Crippen LogP contribution < -0.4 is 10.1 Å². The first-order chi connectivity index (χ1) is 12.0. The van der Waals surface area contributed by atoms with Crippen LogP contribution in [-0.4, -0.2) is 48.7 Å². The molecule has 3 rings (SSSR count). The van der Waals surface area contributed by atoms with E-state index in [-0.39, 0.29) is 18.0 Å². The van der Waals surface area contributed by atoms with Crippen molar-refractivity contribution in [2.24, 2.45) is 0 Å². The highest BCUT2D eigenvalue weighted by Gasteiger charge is 2.47. The van der Waals surface area contributed by atoms with E-state index >= 15 is 0 Å². The molecular formula is C19H26N2O4. The fourth-order valence-corrected chi connectivity index (χ4v) is 3.42. The Labute approximate surface area is 148 Å². The second kappa shape index (κ2) is 7.44. The maximum absolute atomic E-state index is 12.8. The molecule has 6 heteroatoms. The number of methoxy groups -OCH3 is 1. The van der Waals surface area contributed by atoms with Crippen LogP contribution in [0.5, 0.6) is 5.75 Å². The highest BCUT2D eigenvalue weighted by molar-refractivity contribution is 6.06. The maximum atomic E-state index is 12.8. The van der Waals surface area contributed by atoms with Crippen LogP contribution in [-0.2, 0) is 16.0 Å². The van der Waals surface area contributed by atoms with Crippen molar-refractivity contribution in [3.05, 3.63) is 29.8 Å².